The van der Waals surface area contributed by atoms with Crippen LogP contribution in [-0.4, -0.2) is 31.3 Å². The van der Waals surface area contributed by atoms with Gasteiger partial charge in [-0.1, -0.05) is 0 Å². The molecule has 0 aromatic rings. The lowest BCUT2D eigenvalue weighted by atomic mass is 10.3. The number of ether oxygens (including phenoxy) is 1. The van der Waals surface area contributed by atoms with E-state index in [4.69, 9.17) is 4.74 Å². The van der Waals surface area contributed by atoms with Gasteiger partial charge in [-0.15, -0.1) is 0 Å². The van der Waals surface area contributed by atoms with E-state index in [0.29, 0.717) is 13.2 Å². The summed E-state index contributed by atoms with van der Waals surface area (Å²) in [6.07, 6.45) is 0. The van der Waals surface area contributed by atoms with Crippen LogP contribution in [0, 0.1) is 0 Å². The van der Waals surface area contributed by atoms with Crippen LogP contribution in [0.1, 0.15) is 27.7 Å². The first-order valence-corrected chi connectivity index (χ1v) is 4.71. The van der Waals surface area contributed by atoms with E-state index in [-0.39, 0.29) is 18.1 Å². The van der Waals surface area contributed by atoms with Gasteiger partial charge in [0.25, 0.3) is 0 Å². The fraction of sp³-hybridized carbons (Fsp3) is 0.889. The van der Waals surface area contributed by atoms with Gasteiger partial charge in [0.05, 0.1) is 12.6 Å². The van der Waals surface area contributed by atoms with Gasteiger partial charge in [-0.3, -0.25) is 0 Å². The van der Waals surface area contributed by atoms with Crippen LogP contribution >= 0.6 is 0 Å². The van der Waals surface area contributed by atoms with Crippen LogP contribution in [0.3, 0.4) is 0 Å². The molecule has 0 fully saturated rings. The molecule has 1 unspecified atom stereocenters. The summed E-state index contributed by atoms with van der Waals surface area (Å²) in [4.78, 5) is 11.1. The molecule has 0 aromatic carbocycles. The van der Waals surface area contributed by atoms with Crippen molar-refractivity contribution in [1.82, 2.24) is 10.6 Å². The van der Waals surface area contributed by atoms with Gasteiger partial charge in [-0.25, -0.2) is 4.79 Å². The molecule has 0 spiro atoms. The molecule has 0 rings (SSSR count). The molecule has 0 saturated carbocycles. The minimum Gasteiger partial charge on any atom is -0.380 e. The topological polar surface area (TPSA) is 50.4 Å². The number of nitrogens with one attached hydrogen (secondary N) is 2. The molecule has 2 amide bonds. The molecule has 2 N–H and O–H groups in total. The zero-order valence-corrected chi connectivity index (χ0v) is 8.89. The summed E-state index contributed by atoms with van der Waals surface area (Å²) < 4.78 is 5.16. The summed E-state index contributed by atoms with van der Waals surface area (Å²) in [6, 6.07) is 0.0835. The Kier molecular flexibility index (Phi) is 6.32. The first-order valence-electron chi connectivity index (χ1n) is 4.71. The van der Waals surface area contributed by atoms with E-state index in [1.54, 1.807) is 0 Å². The van der Waals surface area contributed by atoms with Crippen LogP contribution in [-0.2, 0) is 4.74 Å². The van der Waals surface area contributed by atoms with Gasteiger partial charge in [0.2, 0.25) is 0 Å². The van der Waals surface area contributed by atoms with E-state index >= 15 is 0 Å². The van der Waals surface area contributed by atoms with Crippen molar-refractivity contribution in [3.05, 3.63) is 0 Å². The molecule has 0 saturated heterocycles. The van der Waals surface area contributed by atoms with Crippen LogP contribution in [0.4, 0.5) is 4.79 Å². The molecule has 0 radical (unpaired) electrons. The number of rotatable bonds is 5. The maximum atomic E-state index is 11.1. The predicted molar refractivity (Wildman–Crippen MR) is 52.8 cm³/mol. The van der Waals surface area contributed by atoms with Gasteiger partial charge in [-0.2, -0.15) is 0 Å². The minimum absolute atomic E-state index is 0.0544. The highest BCUT2D eigenvalue weighted by molar-refractivity contribution is 5.74. The second-order valence-electron chi connectivity index (χ2n) is 3.33. The summed E-state index contributed by atoms with van der Waals surface area (Å²) in [5.74, 6) is 0. The lowest BCUT2D eigenvalue weighted by Crippen LogP contribution is -2.45. The van der Waals surface area contributed by atoms with Gasteiger partial charge in [0.15, 0.2) is 0 Å². The SMILES string of the molecule is CCOCC(C)NC(=O)NC(C)C. The molecule has 13 heavy (non-hydrogen) atoms. The Bertz CT molecular complexity index is 149. The van der Waals surface area contributed by atoms with Gasteiger partial charge < -0.3 is 15.4 Å². The zero-order valence-electron chi connectivity index (χ0n) is 8.89. The average Bonchev–Trinajstić information content (AvgIpc) is 1.98. The standard InChI is InChI=1S/C9H20N2O2/c1-5-13-6-8(4)11-9(12)10-7(2)3/h7-8H,5-6H2,1-4H3,(H2,10,11,12). The van der Waals surface area contributed by atoms with Crippen LogP contribution in [0.25, 0.3) is 0 Å². The maximum Gasteiger partial charge on any atom is 0.315 e. The van der Waals surface area contributed by atoms with E-state index < -0.39 is 0 Å². The van der Waals surface area contributed by atoms with Gasteiger partial charge >= 0.3 is 6.03 Å². The minimum atomic E-state index is -0.137. The molecule has 1 atom stereocenters. The summed E-state index contributed by atoms with van der Waals surface area (Å²) in [7, 11) is 0. The van der Waals surface area contributed by atoms with E-state index in [9.17, 15) is 4.79 Å². The molecule has 78 valence electrons. The highest BCUT2D eigenvalue weighted by Gasteiger charge is 2.06. The number of amides is 2. The summed E-state index contributed by atoms with van der Waals surface area (Å²) in [6.45, 7) is 8.93. The number of carbonyl (C=O) groups excluding carboxylic acids is 1. The van der Waals surface area contributed by atoms with Crippen molar-refractivity contribution in [1.29, 1.82) is 0 Å². The highest BCUT2D eigenvalue weighted by Crippen LogP contribution is 1.85. The third kappa shape index (κ3) is 7.59. The fourth-order valence-corrected chi connectivity index (χ4v) is 0.864. The van der Waals surface area contributed by atoms with Crippen LogP contribution < -0.4 is 10.6 Å². The number of urea groups is 1. The monoisotopic (exact) mass is 188 g/mol. The average molecular weight is 188 g/mol. The first kappa shape index (κ1) is 12.2. The van der Waals surface area contributed by atoms with Crippen molar-refractivity contribution >= 4 is 6.03 Å². The second-order valence-corrected chi connectivity index (χ2v) is 3.33. The van der Waals surface area contributed by atoms with Crippen molar-refractivity contribution in [3.63, 3.8) is 0 Å². The van der Waals surface area contributed by atoms with E-state index in [1.807, 2.05) is 27.7 Å². The van der Waals surface area contributed by atoms with Crippen molar-refractivity contribution in [2.24, 2.45) is 0 Å². The van der Waals surface area contributed by atoms with Crippen LogP contribution in [0.15, 0.2) is 0 Å². The Labute approximate surface area is 80.0 Å². The molecule has 0 aliphatic carbocycles. The van der Waals surface area contributed by atoms with Crippen molar-refractivity contribution in [2.75, 3.05) is 13.2 Å². The second kappa shape index (κ2) is 6.71. The summed E-state index contributed by atoms with van der Waals surface area (Å²) in [5, 5.41) is 5.52. The fourth-order valence-electron chi connectivity index (χ4n) is 0.864. The normalized spacial score (nSPS) is 12.7. The number of carbonyl (C=O) groups is 1. The third-order valence-corrected chi connectivity index (χ3v) is 1.37. The van der Waals surface area contributed by atoms with Crippen molar-refractivity contribution < 1.29 is 9.53 Å². The number of hydrogen-bond donors (Lipinski definition) is 2. The van der Waals surface area contributed by atoms with Crippen molar-refractivity contribution in [3.8, 4) is 0 Å². The quantitative estimate of drug-likeness (QED) is 0.679. The van der Waals surface area contributed by atoms with Gasteiger partial charge in [-0.05, 0) is 27.7 Å². The molecular formula is C9H20N2O2. The maximum absolute atomic E-state index is 11.1. The molecule has 0 aromatic heterocycles. The number of hydrogen-bond acceptors (Lipinski definition) is 2. The largest absolute Gasteiger partial charge is 0.380 e. The molecule has 0 aliphatic rings. The Hall–Kier alpha value is -0.770. The lowest BCUT2D eigenvalue weighted by molar-refractivity contribution is 0.128. The van der Waals surface area contributed by atoms with E-state index in [2.05, 4.69) is 10.6 Å². The molecule has 4 nitrogen and oxygen atoms in total. The summed E-state index contributed by atoms with van der Waals surface area (Å²) >= 11 is 0. The smallest absolute Gasteiger partial charge is 0.315 e. The molecule has 4 heteroatoms. The van der Waals surface area contributed by atoms with E-state index in [0.717, 1.165) is 0 Å². The van der Waals surface area contributed by atoms with Gasteiger partial charge in [0, 0.05) is 12.6 Å². The Morgan fingerprint density at radius 2 is 1.92 bits per heavy atom. The molecule has 0 bridgehead atoms. The summed E-state index contributed by atoms with van der Waals surface area (Å²) in [5.41, 5.74) is 0. The Morgan fingerprint density at radius 1 is 1.31 bits per heavy atom. The van der Waals surface area contributed by atoms with E-state index in [1.165, 1.54) is 0 Å². The van der Waals surface area contributed by atoms with Gasteiger partial charge in [0.1, 0.15) is 0 Å². The van der Waals surface area contributed by atoms with Crippen LogP contribution in [0.5, 0.6) is 0 Å². The molecular weight excluding hydrogens is 168 g/mol. The molecule has 0 aliphatic heterocycles. The molecule has 0 heterocycles. The predicted octanol–water partition coefficient (Wildman–Crippen LogP) is 1.12. The zero-order chi connectivity index (χ0) is 10.3. The Balaban J connectivity index is 3.53. The lowest BCUT2D eigenvalue weighted by Gasteiger charge is -2.15. The first-order chi connectivity index (χ1) is 6.06. The Morgan fingerprint density at radius 3 is 2.38 bits per heavy atom. The highest BCUT2D eigenvalue weighted by atomic mass is 16.5. The van der Waals surface area contributed by atoms with Crippen molar-refractivity contribution in [2.45, 2.75) is 39.8 Å². The van der Waals surface area contributed by atoms with Crippen LogP contribution in [0.2, 0.25) is 0 Å². The third-order valence-electron chi connectivity index (χ3n) is 1.37.